The first-order valence-electron chi connectivity index (χ1n) is 4.04. The van der Waals surface area contributed by atoms with Crippen LogP contribution < -0.4 is 11.7 Å². The number of carboxylic acid groups (broad SMARTS) is 1. The molecule has 0 aliphatic heterocycles. The molecule has 0 aromatic rings. The number of hydrogen-bond donors (Lipinski definition) is 5. The van der Waals surface area contributed by atoms with Gasteiger partial charge in [-0.25, -0.2) is 11.1 Å². The number of nitrogens with two attached hydrogens (primary N) is 2. The number of alkyl halides is 1. The first-order valence-corrected chi connectivity index (χ1v) is 4.58. The van der Waals surface area contributed by atoms with Crippen LogP contribution in [0.2, 0.25) is 0 Å². The van der Waals surface area contributed by atoms with Gasteiger partial charge in [0, 0.05) is 12.3 Å². The van der Waals surface area contributed by atoms with Gasteiger partial charge >= 0.3 is 5.97 Å². The molecule has 0 aliphatic carbocycles. The van der Waals surface area contributed by atoms with E-state index in [1.165, 1.54) is 0 Å². The zero-order valence-corrected chi connectivity index (χ0v) is 9.71. The second-order valence-electron chi connectivity index (χ2n) is 1.97. The van der Waals surface area contributed by atoms with Gasteiger partial charge in [0.15, 0.2) is 12.7 Å². The van der Waals surface area contributed by atoms with Crippen LogP contribution >= 0.6 is 11.6 Å². The third-order valence-electron chi connectivity index (χ3n) is 0.773. The summed E-state index contributed by atoms with van der Waals surface area (Å²) in [5.41, 5.74) is 12.0. The van der Waals surface area contributed by atoms with Crippen LogP contribution in [-0.2, 0) is 4.79 Å². The van der Waals surface area contributed by atoms with Crippen molar-refractivity contribution in [3.8, 4) is 0 Å². The fourth-order valence-electron chi connectivity index (χ4n) is 0.285. The number of carboxylic acids is 1. The Morgan fingerprint density at radius 1 is 1.24 bits per heavy atom. The zero-order valence-electron chi connectivity index (χ0n) is 8.95. The molecule has 0 unspecified atom stereocenters. The van der Waals surface area contributed by atoms with Crippen LogP contribution in [0.5, 0.6) is 0 Å². The minimum atomic E-state index is -0.777. The predicted molar refractivity (Wildman–Crippen MR) is 63.2 cm³/mol. The molecule has 7 N–H and O–H groups in total. The van der Waals surface area contributed by atoms with Crippen molar-refractivity contribution in [3.63, 3.8) is 0 Å². The molecule has 10 nitrogen and oxygen atoms in total. The molecule has 0 amide bonds. The van der Waals surface area contributed by atoms with E-state index in [9.17, 15) is 4.79 Å². The van der Waals surface area contributed by atoms with Crippen molar-refractivity contribution >= 4 is 30.2 Å². The lowest BCUT2D eigenvalue weighted by Gasteiger charge is -1.84. The van der Waals surface area contributed by atoms with Crippen LogP contribution in [0, 0.1) is 11.1 Å². The van der Waals surface area contributed by atoms with Crippen molar-refractivity contribution in [1.29, 1.82) is 11.1 Å². The van der Waals surface area contributed by atoms with Crippen LogP contribution in [0.3, 0.4) is 0 Å². The van der Waals surface area contributed by atoms with Gasteiger partial charge in [-0.2, -0.15) is 10.2 Å². The van der Waals surface area contributed by atoms with E-state index in [0.29, 0.717) is 12.3 Å². The quantitative estimate of drug-likeness (QED) is 0.124. The second-order valence-corrected chi connectivity index (χ2v) is 2.35. The van der Waals surface area contributed by atoms with Crippen LogP contribution in [0.25, 0.3) is 0 Å². The van der Waals surface area contributed by atoms with Crippen molar-refractivity contribution in [2.45, 2.75) is 12.8 Å². The Morgan fingerprint density at radius 2 is 1.65 bits per heavy atom. The fourth-order valence-corrected chi connectivity index (χ4v) is 0.418. The van der Waals surface area contributed by atoms with E-state index in [-0.39, 0.29) is 6.42 Å². The molecule has 17 heavy (non-hydrogen) atoms. The van der Waals surface area contributed by atoms with Crippen LogP contribution in [0.1, 0.15) is 12.8 Å². The summed E-state index contributed by atoms with van der Waals surface area (Å²) in [4.78, 5) is 9.70. The highest BCUT2D eigenvalue weighted by molar-refractivity contribution is 6.17. The molecule has 11 heteroatoms. The maximum Gasteiger partial charge on any atom is 0.303 e. The lowest BCUT2D eigenvalue weighted by Crippen LogP contribution is -1.93. The maximum absolute atomic E-state index is 9.70. The maximum atomic E-state index is 9.70. The third-order valence-corrected chi connectivity index (χ3v) is 1.04. The molecule has 0 spiro atoms. The predicted octanol–water partition coefficient (Wildman–Crippen LogP) is 0.929. The van der Waals surface area contributed by atoms with E-state index in [1.54, 1.807) is 0 Å². The van der Waals surface area contributed by atoms with E-state index < -0.39 is 5.97 Å². The molecule has 0 atom stereocenters. The molecule has 0 heterocycles. The summed E-state index contributed by atoms with van der Waals surface area (Å²) in [6.07, 6.45) is 2.64. The molecule has 0 fully saturated rings. The monoisotopic (exact) mass is 266 g/mol. The third kappa shape index (κ3) is 56.5. The summed E-state index contributed by atoms with van der Waals surface area (Å²) in [6.45, 7) is 0. The molecule has 0 aliphatic rings. The largest absolute Gasteiger partial charge is 0.481 e. The molecule has 0 rings (SSSR count). The minimum Gasteiger partial charge on any atom is -0.481 e. The van der Waals surface area contributed by atoms with E-state index >= 15 is 0 Å². The highest BCUT2D eigenvalue weighted by Crippen LogP contribution is 1.89. The number of hydrazone groups is 2. The number of rotatable bonds is 5. The van der Waals surface area contributed by atoms with Gasteiger partial charge in [-0.1, -0.05) is 0 Å². The Balaban J connectivity index is -0.000000177. The smallest absolute Gasteiger partial charge is 0.303 e. The first kappa shape index (κ1) is 20.3. The Morgan fingerprint density at radius 3 is 1.71 bits per heavy atom. The fraction of sp³-hybridized carbons (Fsp3) is 0.500. The summed E-state index contributed by atoms with van der Waals surface area (Å²) in [5.74, 6) is 8.65. The highest BCUT2D eigenvalue weighted by atomic mass is 35.5. The molecular formula is C6H15ClN8O2. The second kappa shape index (κ2) is 23.6. The standard InChI is InChI=1S/C4H7ClO2.2CH4N4/c5-3-1-2-4(6)7;2*2-4-1-5-3/h1-3H2,(H,6,7);2*1-2H,3H2. The van der Waals surface area contributed by atoms with Gasteiger partial charge in [-0.3, -0.25) is 4.79 Å². The molecular weight excluding hydrogens is 252 g/mol. The van der Waals surface area contributed by atoms with Crippen LogP contribution in [0.4, 0.5) is 0 Å². The number of nitrogens with zero attached hydrogens (tertiary/aromatic N) is 4. The summed E-state index contributed by atoms with van der Waals surface area (Å²) in [5, 5.41) is 19.1. The SMILES string of the molecule is N=NC=NN.N=NC=NN.O=C(O)CCCCl. The number of hydrogen-bond acceptors (Lipinski definition) is 7. The average molecular weight is 267 g/mol. The molecule has 0 aromatic carbocycles. The number of carbonyl (C=O) groups is 1. The van der Waals surface area contributed by atoms with Gasteiger partial charge in [-0.05, 0) is 6.42 Å². The molecule has 0 bridgehead atoms. The van der Waals surface area contributed by atoms with Gasteiger partial charge in [0.2, 0.25) is 0 Å². The average Bonchev–Trinajstić information content (AvgIpc) is 2.30. The van der Waals surface area contributed by atoms with Crippen molar-refractivity contribution in [3.05, 3.63) is 0 Å². The molecule has 98 valence electrons. The topological polar surface area (TPSA) is 186 Å². The van der Waals surface area contributed by atoms with E-state index in [1.807, 2.05) is 0 Å². The molecule has 0 saturated heterocycles. The van der Waals surface area contributed by atoms with Crippen LogP contribution in [0.15, 0.2) is 20.4 Å². The minimum absolute atomic E-state index is 0.184. The van der Waals surface area contributed by atoms with Crippen molar-refractivity contribution in [1.82, 2.24) is 0 Å². The lowest BCUT2D eigenvalue weighted by atomic mass is 10.3. The van der Waals surface area contributed by atoms with Gasteiger partial charge in [0.25, 0.3) is 0 Å². The van der Waals surface area contributed by atoms with Gasteiger partial charge in [-0.15, -0.1) is 21.8 Å². The van der Waals surface area contributed by atoms with Gasteiger partial charge < -0.3 is 16.8 Å². The Kier molecular flexibility index (Phi) is 28.2. The first-order chi connectivity index (χ1) is 8.10. The Labute approximate surface area is 103 Å². The Bertz CT molecular complexity index is 228. The summed E-state index contributed by atoms with van der Waals surface area (Å²) in [6, 6.07) is 0. The summed E-state index contributed by atoms with van der Waals surface area (Å²) in [7, 11) is 0. The molecule has 0 aromatic heterocycles. The zero-order chi connectivity index (χ0) is 13.9. The number of aliphatic carboxylic acids is 1. The van der Waals surface area contributed by atoms with E-state index in [2.05, 4.69) is 32.1 Å². The number of nitrogens with one attached hydrogen (secondary N) is 2. The van der Waals surface area contributed by atoms with Crippen molar-refractivity contribution in [2.75, 3.05) is 5.88 Å². The highest BCUT2D eigenvalue weighted by Gasteiger charge is 1.91. The number of halogens is 1. The van der Waals surface area contributed by atoms with E-state index in [4.69, 9.17) is 27.8 Å². The summed E-state index contributed by atoms with van der Waals surface area (Å²) >= 11 is 5.18. The van der Waals surface area contributed by atoms with Crippen molar-refractivity contribution in [2.24, 2.45) is 32.1 Å². The van der Waals surface area contributed by atoms with Crippen molar-refractivity contribution < 1.29 is 9.90 Å². The summed E-state index contributed by atoms with van der Waals surface area (Å²) < 4.78 is 0. The lowest BCUT2D eigenvalue weighted by molar-refractivity contribution is -0.137. The molecule has 0 saturated carbocycles. The Hall–Kier alpha value is -2.10. The normalized spacial score (nSPS) is 8.76. The van der Waals surface area contributed by atoms with Gasteiger partial charge in [0.1, 0.15) is 0 Å². The van der Waals surface area contributed by atoms with Gasteiger partial charge in [0.05, 0.1) is 0 Å². The molecule has 0 radical (unpaired) electrons. The van der Waals surface area contributed by atoms with Crippen LogP contribution in [-0.4, -0.2) is 29.6 Å². The van der Waals surface area contributed by atoms with E-state index in [0.717, 1.165) is 12.7 Å².